The lowest BCUT2D eigenvalue weighted by molar-refractivity contribution is -0.140. The summed E-state index contributed by atoms with van der Waals surface area (Å²) >= 11 is 12.2. The number of carboxylic acid groups (broad SMARTS) is 1. The van der Waals surface area contributed by atoms with E-state index >= 15 is 0 Å². The molecule has 204 valence electrons. The highest BCUT2D eigenvalue weighted by Gasteiger charge is 2.43. The van der Waals surface area contributed by atoms with Gasteiger partial charge in [0.25, 0.3) is 10.0 Å². The van der Waals surface area contributed by atoms with Crippen LogP contribution in [0.15, 0.2) is 65.7 Å². The molecule has 0 saturated heterocycles. The summed E-state index contributed by atoms with van der Waals surface area (Å²) in [5.41, 5.74) is -0.0240. The molecule has 1 unspecified atom stereocenters. The molecule has 5 rings (SSSR count). The first-order valence-corrected chi connectivity index (χ1v) is 14.5. The van der Waals surface area contributed by atoms with E-state index in [9.17, 15) is 18.3 Å². The van der Waals surface area contributed by atoms with E-state index in [1.165, 1.54) is 18.2 Å². The number of carbonyl (C=O) groups is 1. The molecule has 1 saturated carbocycles. The van der Waals surface area contributed by atoms with Crippen molar-refractivity contribution in [2.75, 3.05) is 9.62 Å². The lowest BCUT2D eigenvalue weighted by atomic mass is 9.86. The van der Waals surface area contributed by atoms with Gasteiger partial charge in [0.05, 0.1) is 16.1 Å². The Hall–Kier alpha value is -3.34. The zero-order valence-electron chi connectivity index (χ0n) is 21.5. The normalized spacial score (nSPS) is 14.8. The van der Waals surface area contributed by atoms with Crippen molar-refractivity contribution in [3.05, 3.63) is 70.8 Å². The zero-order valence-corrected chi connectivity index (χ0v) is 23.8. The Morgan fingerprint density at radius 1 is 1.05 bits per heavy atom. The quantitative estimate of drug-likeness (QED) is 0.259. The van der Waals surface area contributed by atoms with Gasteiger partial charge >= 0.3 is 5.97 Å². The number of benzene rings is 2. The van der Waals surface area contributed by atoms with Crippen LogP contribution in [-0.4, -0.2) is 46.3 Å². The zero-order chi connectivity index (χ0) is 28.1. The molecular weight excluding hydrogens is 561 g/mol. The maximum atomic E-state index is 14.0. The van der Waals surface area contributed by atoms with Gasteiger partial charge in [0.1, 0.15) is 11.9 Å². The molecule has 0 aliphatic heterocycles. The topological polar surface area (TPSA) is 117 Å². The number of carboxylic acids is 1. The van der Waals surface area contributed by atoms with Gasteiger partial charge in [-0.3, -0.25) is 8.87 Å². The van der Waals surface area contributed by atoms with Crippen LogP contribution in [0.5, 0.6) is 0 Å². The Labute approximate surface area is 236 Å². The van der Waals surface area contributed by atoms with Crippen LogP contribution in [0, 0.1) is 5.41 Å². The first-order valence-electron chi connectivity index (χ1n) is 12.3. The van der Waals surface area contributed by atoms with E-state index in [1.807, 2.05) is 22.8 Å². The highest BCUT2D eigenvalue weighted by molar-refractivity contribution is 7.93. The Bertz CT molecular complexity index is 1640. The third kappa shape index (κ3) is 5.54. The summed E-state index contributed by atoms with van der Waals surface area (Å²) in [5.74, 6) is 0.0196. The minimum atomic E-state index is -4.40. The standard InChI is InChI=1S/C27H27Cl2N5O4S/c1-27(2,3)25(26(35)36)34(39(37,38)21-14-17(28)13-18(29)15-21)20-6-7-22-16(12-20)10-11-33(22)24-9-8-23(31-32-24)30-19-4-5-19/h6-15,19,25H,4-5H2,1-3H3,(H,30,31)(H,35,36). The predicted molar refractivity (Wildman–Crippen MR) is 153 cm³/mol. The monoisotopic (exact) mass is 587 g/mol. The number of halogens is 2. The van der Waals surface area contributed by atoms with Gasteiger partial charge in [-0.25, -0.2) is 13.2 Å². The van der Waals surface area contributed by atoms with Gasteiger partial charge in [-0.2, -0.15) is 0 Å². The molecule has 0 amide bonds. The summed E-state index contributed by atoms with van der Waals surface area (Å²) in [6.07, 6.45) is 4.06. The third-order valence-corrected chi connectivity index (χ3v) is 8.64. The molecule has 9 nitrogen and oxygen atoms in total. The average Bonchev–Trinajstić information content (AvgIpc) is 3.56. The number of hydrogen-bond acceptors (Lipinski definition) is 6. The van der Waals surface area contributed by atoms with E-state index in [0.717, 1.165) is 22.7 Å². The summed E-state index contributed by atoms with van der Waals surface area (Å²) in [7, 11) is -4.40. The van der Waals surface area contributed by atoms with Gasteiger partial charge in [-0.1, -0.05) is 44.0 Å². The number of hydrogen-bond donors (Lipinski definition) is 2. The number of nitrogens with one attached hydrogen (secondary N) is 1. The molecule has 0 bridgehead atoms. The van der Waals surface area contributed by atoms with E-state index in [4.69, 9.17) is 23.2 Å². The van der Waals surface area contributed by atoms with Gasteiger partial charge < -0.3 is 10.4 Å². The molecular formula is C27H27Cl2N5O4S. The second kappa shape index (κ2) is 10.0. The highest BCUT2D eigenvalue weighted by atomic mass is 35.5. The summed E-state index contributed by atoms with van der Waals surface area (Å²) in [6.45, 7) is 5.03. The molecule has 2 heterocycles. The lowest BCUT2D eigenvalue weighted by Crippen LogP contribution is -2.52. The van der Waals surface area contributed by atoms with Gasteiger partial charge in [-0.15, -0.1) is 10.2 Å². The summed E-state index contributed by atoms with van der Waals surface area (Å²) in [5, 5.41) is 23.1. The van der Waals surface area contributed by atoms with Crippen molar-refractivity contribution in [1.82, 2.24) is 14.8 Å². The van der Waals surface area contributed by atoms with Crippen molar-refractivity contribution >= 4 is 61.6 Å². The molecule has 12 heteroatoms. The van der Waals surface area contributed by atoms with Crippen LogP contribution in [0.4, 0.5) is 11.5 Å². The predicted octanol–water partition coefficient (Wildman–Crippen LogP) is 6.00. The third-order valence-electron chi connectivity index (χ3n) is 6.44. The first-order chi connectivity index (χ1) is 18.3. The molecule has 0 radical (unpaired) electrons. The van der Waals surface area contributed by atoms with E-state index < -0.39 is 27.4 Å². The molecule has 39 heavy (non-hydrogen) atoms. The minimum Gasteiger partial charge on any atom is -0.480 e. The average molecular weight is 589 g/mol. The van der Waals surface area contributed by atoms with Crippen molar-refractivity contribution in [3.63, 3.8) is 0 Å². The van der Waals surface area contributed by atoms with E-state index in [1.54, 1.807) is 45.2 Å². The molecule has 1 atom stereocenters. The van der Waals surface area contributed by atoms with Gasteiger partial charge in [0.2, 0.25) is 0 Å². The van der Waals surface area contributed by atoms with Crippen LogP contribution in [0.25, 0.3) is 16.7 Å². The first kappa shape index (κ1) is 27.2. The van der Waals surface area contributed by atoms with Crippen LogP contribution in [0.3, 0.4) is 0 Å². The summed E-state index contributed by atoms with van der Waals surface area (Å²) in [6, 6.07) is 13.4. The molecule has 2 aromatic heterocycles. The summed E-state index contributed by atoms with van der Waals surface area (Å²) < 4.78 is 30.8. The van der Waals surface area contributed by atoms with Crippen LogP contribution in [-0.2, 0) is 14.8 Å². The van der Waals surface area contributed by atoms with Crippen molar-refractivity contribution in [1.29, 1.82) is 0 Å². The van der Waals surface area contributed by atoms with Crippen molar-refractivity contribution in [2.24, 2.45) is 5.41 Å². The number of aliphatic carboxylic acids is 1. The van der Waals surface area contributed by atoms with Gasteiger partial charge in [0.15, 0.2) is 5.82 Å². The summed E-state index contributed by atoms with van der Waals surface area (Å²) in [4.78, 5) is 12.3. The maximum Gasteiger partial charge on any atom is 0.328 e. The smallest absolute Gasteiger partial charge is 0.328 e. The van der Waals surface area contributed by atoms with Crippen molar-refractivity contribution < 1.29 is 18.3 Å². The van der Waals surface area contributed by atoms with E-state index in [2.05, 4.69) is 15.5 Å². The molecule has 4 aromatic rings. The molecule has 2 N–H and O–H groups in total. The number of rotatable bonds is 8. The van der Waals surface area contributed by atoms with Crippen LogP contribution < -0.4 is 9.62 Å². The fraction of sp³-hybridized carbons (Fsp3) is 0.296. The van der Waals surface area contributed by atoms with E-state index in [-0.39, 0.29) is 20.6 Å². The van der Waals surface area contributed by atoms with Gasteiger partial charge in [0, 0.05) is 27.7 Å². The molecule has 1 aliphatic rings. The fourth-order valence-corrected chi connectivity index (χ4v) is 6.98. The number of aromatic nitrogens is 3. The molecule has 1 aliphatic carbocycles. The van der Waals surface area contributed by atoms with Crippen LogP contribution >= 0.6 is 23.2 Å². The number of nitrogens with zero attached hydrogens (tertiary/aromatic N) is 4. The second-order valence-corrected chi connectivity index (χ2v) is 13.3. The largest absolute Gasteiger partial charge is 0.480 e. The lowest BCUT2D eigenvalue weighted by Gasteiger charge is -2.37. The molecule has 1 fully saturated rings. The number of fused-ring (bicyclic) bond motifs is 1. The van der Waals surface area contributed by atoms with Crippen molar-refractivity contribution in [2.45, 2.75) is 50.6 Å². The highest BCUT2D eigenvalue weighted by Crippen LogP contribution is 2.37. The Kier molecular flexibility index (Phi) is 6.98. The Balaban J connectivity index is 1.60. The fourth-order valence-electron chi connectivity index (χ4n) is 4.47. The molecule has 0 spiro atoms. The van der Waals surface area contributed by atoms with Gasteiger partial charge in [-0.05, 0) is 72.9 Å². The maximum absolute atomic E-state index is 14.0. The van der Waals surface area contributed by atoms with Crippen molar-refractivity contribution in [3.8, 4) is 5.82 Å². The van der Waals surface area contributed by atoms with E-state index in [0.29, 0.717) is 23.1 Å². The van der Waals surface area contributed by atoms with Crippen LogP contribution in [0.1, 0.15) is 33.6 Å². The number of anilines is 2. The number of sulfonamides is 1. The van der Waals surface area contributed by atoms with Crippen LogP contribution in [0.2, 0.25) is 10.0 Å². The SMILES string of the molecule is CC(C)(C)C(C(=O)O)N(c1ccc2c(ccn2-c2ccc(NC3CC3)nn2)c1)S(=O)(=O)c1cc(Cl)cc(Cl)c1. The minimum absolute atomic E-state index is 0.121. The molecule has 2 aromatic carbocycles. The Morgan fingerprint density at radius 2 is 1.74 bits per heavy atom. The second-order valence-electron chi connectivity index (χ2n) is 10.6. The Morgan fingerprint density at radius 3 is 2.31 bits per heavy atom.